The van der Waals surface area contributed by atoms with Crippen molar-refractivity contribution in [3.8, 4) is 5.75 Å². The number of benzene rings is 2. The van der Waals surface area contributed by atoms with Gasteiger partial charge in [0.25, 0.3) is 5.91 Å². The number of fused-ring (bicyclic) bond motifs is 1. The van der Waals surface area contributed by atoms with Crippen molar-refractivity contribution in [3.05, 3.63) is 75.7 Å². The minimum absolute atomic E-state index is 0.0205. The summed E-state index contributed by atoms with van der Waals surface area (Å²) in [4.78, 5) is 19.3. The summed E-state index contributed by atoms with van der Waals surface area (Å²) in [6.45, 7) is 3.14. The van der Waals surface area contributed by atoms with Gasteiger partial charge >= 0.3 is 0 Å². The van der Waals surface area contributed by atoms with E-state index in [9.17, 15) is 4.79 Å². The van der Waals surface area contributed by atoms with Crippen molar-refractivity contribution >= 4 is 22.9 Å². The van der Waals surface area contributed by atoms with Gasteiger partial charge in [-0.1, -0.05) is 24.3 Å². The van der Waals surface area contributed by atoms with Crippen LogP contribution >= 0.6 is 11.3 Å². The van der Waals surface area contributed by atoms with Gasteiger partial charge in [-0.25, -0.2) is 4.98 Å². The molecule has 1 amide bonds. The number of hydrogen-bond donors (Lipinski definition) is 0. The molecule has 2 aromatic carbocycles. The molecule has 0 saturated heterocycles. The van der Waals surface area contributed by atoms with Crippen molar-refractivity contribution in [2.24, 2.45) is 0 Å². The maximum atomic E-state index is 13.1. The fourth-order valence-corrected chi connectivity index (χ4v) is 3.85. The molecule has 0 saturated carbocycles. The highest BCUT2D eigenvalue weighted by molar-refractivity contribution is 7.09. The van der Waals surface area contributed by atoms with Crippen LogP contribution in [0.2, 0.25) is 0 Å². The van der Waals surface area contributed by atoms with Crippen molar-refractivity contribution in [1.82, 2.24) is 4.98 Å². The molecule has 0 atom stereocenters. The number of amides is 1. The van der Waals surface area contributed by atoms with Crippen LogP contribution in [-0.4, -0.2) is 17.4 Å². The third-order valence-corrected chi connectivity index (χ3v) is 5.31. The Morgan fingerprint density at radius 3 is 2.96 bits per heavy atom. The third-order valence-electron chi connectivity index (χ3n) is 4.49. The van der Waals surface area contributed by atoms with Crippen LogP contribution < -0.4 is 9.64 Å². The van der Waals surface area contributed by atoms with Crippen LogP contribution in [0.4, 0.5) is 5.69 Å². The summed E-state index contributed by atoms with van der Waals surface area (Å²) in [6, 6.07) is 15.5. The standard InChI is InChI=1S/C21H20N2O2S/c1-15-22-18(14-26-15)13-25-19-9-4-7-17(12-19)21(24)23-11-5-8-16-6-2-3-10-20(16)23/h2-4,6-7,9-10,12,14H,5,8,11,13H2,1H3. The first-order valence-corrected chi connectivity index (χ1v) is 9.62. The average Bonchev–Trinajstić information content (AvgIpc) is 3.11. The van der Waals surface area contributed by atoms with Gasteiger partial charge in [-0.15, -0.1) is 11.3 Å². The second-order valence-corrected chi connectivity index (χ2v) is 7.43. The highest BCUT2D eigenvalue weighted by Gasteiger charge is 2.23. The molecule has 5 heteroatoms. The molecule has 1 aliphatic heterocycles. The molecular weight excluding hydrogens is 344 g/mol. The molecule has 0 spiro atoms. The van der Waals surface area contributed by atoms with E-state index in [1.807, 2.05) is 59.7 Å². The fourth-order valence-electron chi connectivity index (χ4n) is 3.25. The van der Waals surface area contributed by atoms with Gasteiger partial charge in [0.05, 0.1) is 10.7 Å². The molecule has 0 N–H and O–H groups in total. The van der Waals surface area contributed by atoms with Crippen molar-refractivity contribution in [2.45, 2.75) is 26.4 Å². The first kappa shape index (κ1) is 16.8. The van der Waals surface area contributed by atoms with Gasteiger partial charge in [0.1, 0.15) is 12.4 Å². The number of aromatic nitrogens is 1. The Kier molecular flexibility index (Phi) is 4.71. The topological polar surface area (TPSA) is 42.4 Å². The van der Waals surface area contributed by atoms with Crippen LogP contribution in [0.5, 0.6) is 5.75 Å². The zero-order valence-electron chi connectivity index (χ0n) is 14.6. The summed E-state index contributed by atoms with van der Waals surface area (Å²) in [5, 5.41) is 3.02. The fraction of sp³-hybridized carbons (Fsp3) is 0.238. The van der Waals surface area contributed by atoms with E-state index in [1.165, 1.54) is 5.56 Å². The largest absolute Gasteiger partial charge is 0.487 e. The van der Waals surface area contributed by atoms with Crippen LogP contribution in [0, 0.1) is 6.92 Å². The molecule has 26 heavy (non-hydrogen) atoms. The Bertz CT molecular complexity index is 935. The number of ether oxygens (including phenoxy) is 1. The molecule has 0 fully saturated rings. The SMILES string of the molecule is Cc1nc(COc2cccc(C(=O)N3CCCc4ccccc43)c2)cs1. The molecule has 1 aromatic heterocycles. The van der Waals surface area contributed by atoms with Gasteiger partial charge in [-0.3, -0.25) is 4.79 Å². The number of aryl methyl sites for hydroxylation is 2. The van der Waals surface area contributed by atoms with Crippen molar-refractivity contribution in [3.63, 3.8) is 0 Å². The number of hydrogen-bond acceptors (Lipinski definition) is 4. The van der Waals surface area contributed by atoms with E-state index in [0.717, 1.165) is 35.8 Å². The van der Waals surface area contributed by atoms with Crippen molar-refractivity contribution < 1.29 is 9.53 Å². The van der Waals surface area contributed by atoms with E-state index in [2.05, 4.69) is 11.1 Å². The number of para-hydroxylation sites is 1. The van der Waals surface area contributed by atoms with Gasteiger partial charge in [0, 0.05) is 23.2 Å². The second kappa shape index (κ2) is 7.30. The molecule has 0 bridgehead atoms. The number of rotatable bonds is 4. The lowest BCUT2D eigenvalue weighted by molar-refractivity contribution is 0.0984. The van der Waals surface area contributed by atoms with Gasteiger partial charge in [0.15, 0.2) is 0 Å². The molecule has 0 unspecified atom stereocenters. The monoisotopic (exact) mass is 364 g/mol. The van der Waals surface area contributed by atoms with Gasteiger partial charge in [0.2, 0.25) is 0 Å². The van der Waals surface area contributed by atoms with Crippen LogP contribution in [-0.2, 0) is 13.0 Å². The minimum atomic E-state index is 0.0205. The predicted molar refractivity (Wildman–Crippen MR) is 104 cm³/mol. The van der Waals surface area contributed by atoms with Crippen LogP contribution in [0.3, 0.4) is 0 Å². The zero-order valence-corrected chi connectivity index (χ0v) is 15.5. The molecule has 4 rings (SSSR count). The summed E-state index contributed by atoms with van der Waals surface area (Å²) in [5.74, 6) is 0.707. The molecular formula is C21H20N2O2S. The number of nitrogens with zero attached hydrogens (tertiary/aromatic N) is 2. The summed E-state index contributed by atoms with van der Waals surface area (Å²) in [7, 11) is 0. The van der Waals surface area contributed by atoms with Crippen LogP contribution in [0.15, 0.2) is 53.9 Å². The maximum absolute atomic E-state index is 13.1. The minimum Gasteiger partial charge on any atom is -0.487 e. The smallest absolute Gasteiger partial charge is 0.258 e. The Morgan fingerprint density at radius 1 is 1.23 bits per heavy atom. The molecule has 4 nitrogen and oxygen atoms in total. The molecule has 3 aromatic rings. The molecule has 0 radical (unpaired) electrons. The van der Waals surface area contributed by atoms with Gasteiger partial charge < -0.3 is 9.64 Å². The third kappa shape index (κ3) is 3.48. The summed E-state index contributed by atoms with van der Waals surface area (Å²) in [5.41, 5.74) is 3.81. The van der Waals surface area contributed by atoms with E-state index in [1.54, 1.807) is 11.3 Å². The summed E-state index contributed by atoms with van der Waals surface area (Å²) >= 11 is 1.61. The van der Waals surface area contributed by atoms with Gasteiger partial charge in [-0.05, 0) is 49.6 Å². The summed E-state index contributed by atoms with van der Waals surface area (Å²) in [6.07, 6.45) is 2.01. The van der Waals surface area contributed by atoms with E-state index < -0.39 is 0 Å². The van der Waals surface area contributed by atoms with Gasteiger partial charge in [-0.2, -0.15) is 0 Å². The number of thiazole rings is 1. The number of anilines is 1. The van der Waals surface area contributed by atoms with Crippen molar-refractivity contribution in [2.75, 3.05) is 11.4 Å². The number of carbonyl (C=O) groups is 1. The zero-order chi connectivity index (χ0) is 17.9. The first-order valence-electron chi connectivity index (χ1n) is 8.74. The predicted octanol–water partition coefficient (Wildman–Crippen LogP) is 4.62. The van der Waals surface area contributed by atoms with E-state index in [-0.39, 0.29) is 5.91 Å². The quantitative estimate of drug-likeness (QED) is 0.678. The van der Waals surface area contributed by atoms with E-state index in [0.29, 0.717) is 17.9 Å². The lowest BCUT2D eigenvalue weighted by Crippen LogP contribution is -2.35. The Labute approximate surface area is 157 Å². The Hall–Kier alpha value is -2.66. The summed E-state index contributed by atoms with van der Waals surface area (Å²) < 4.78 is 5.83. The van der Waals surface area contributed by atoms with Crippen LogP contribution in [0.25, 0.3) is 0 Å². The Balaban J connectivity index is 1.52. The molecule has 132 valence electrons. The van der Waals surface area contributed by atoms with Crippen LogP contribution in [0.1, 0.15) is 33.0 Å². The van der Waals surface area contributed by atoms with E-state index >= 15 is 0 Å². The molecule has 1 aliphatic rings. The Morgan fingerprint density at radius 2 is 2.12 bits per heavy atom. The maximum Gasteiger partial charge on any atom is 0.258 e. The normalized spacial score (nSPS) is 13.3. The average molecular weight is 364 g/mol. The highest BCUT2D eigenvalue weighted by atomic mass is 32.1. The first-order chi connectivity index (χ1) is 12.7. The lowest BCUT2D eigenvalue weighted by atomic mass is 10.0. The lowest BCUT2D eigenvalue weighted by Gasteiger charge is -2.29. The van der Waals surface area contributed by atoms with Crippen molar-refractivity contribution in [1.29, 1.82) is 0 Å². The molecule has 2 heterocycles. The number of carbonyl (C=O) groups excluding carboxylic acids is 1. The molecule has 0 aliphatic carbocycles. The highest BCUT2D eigenvalue weighted by Crippen LogP contribution is 2.28. The second-order valence-electron chi connectivity index (χ2n) is 6.36. The van der Waals surface area contributed by atoms with E-state index in [4.69, 9.17) is 4.74 Å².